The Morgan fingerprint density at radius 1 is 1.50 bits per heavy atom. The maximum atomic E-state index is 11.7. The molecule has 0 radical (unpaired) electrons. The first kappa shape index (κ1) is 11.2. The van der Waals surface area contributed by atoms with Crippen LogP contribution in [0, 0.1) is 5.41 Å². The molecule has 14 heavy (non-hydrogen) atoms. The van der Waals surface area contributed by atoms with Gasteiger partial charge in [-0.3, -0.25) is 4.79 Å². The van der Waals surface area contributed by atoms with Gasteiger partial charge in [-0.05, 0) is 19.8 Å². The number of hydrogen-bond acceptors (Lipinski definition) is 4. The molecule has 0 aromatic rings. The molecule has 0 saturated carbocycles. The molecular weight excluding hydrogens is 184 g/mol. The highest BCUT2D eigenvalue weighted by Crippen LogP contribution is 2.34. The molecular formula is C10H16O4. The van der Waals surface area contributed by atoms with Gasteiger partial charge >= 0.3 is 5.97 Å². The van der Waals surface area contributed by atoms with E-state index in [1.807, 2.05) is 0 Å². The quantitative estimate of drug-likeness (QED) is 0.500. The van der Waals surface area contributed by atoms with Crippen molar-refractivity contribution >= 4 is 12.3 Å². The normalized spacial score (nSPS) is 20.1. The van der Waals surface area contributed by atoms with Gasteiger partial charge in [0, 0.05) is 19.6 Å². The Kier molecular flexibility index (Phi) is 4.07. The van der Waals surface area contributed by atoms with E-state index in [1.54, 1.807) is 6.92 Å². The number of aldehydes is 1. The molecule has 80 valence electrons. The van der Waals surface area contributed by atoms with Gasteiger partial charge in [-0.15, -0.1) is 0 Å². The van der Waals surface area contributed by atoms with Crippen LogP contribution in [-0.4, -0.2) is 32.1 Å². The smallest absolute Gasteiger partial charge is 0.312 e. The minimum absolute atomic E-state index is 0.245. The molecule has 1 rings (SSSR count). The van der Waals surface area contributed by atoms with Gasteiger partial charge in [-0.2, -0.15) is 0 Å². The predicted molar refractivity (Wildman–Crippen MR) is 49.8 cm³/mol. The molecule has 0 aliphatic carbocycles. The minimum Gasteiger partial charge on any atom is -0.466 e. The Morgan fingerprint density at radius 3 is 2.64 bits per heavy atom. The van der Waals surface area contributed by atoms with E-state index in [2.05, 4.69) is 0 Å². The lowest BCUT2D eigenvalue weighted by Gasteiger charge is -2.32. The monoisotopic (exact) mass is 200 g/mol. The summed E-state index contributed by atoms with van der Waals surface area (Å²) in [6.45, 7) is 3.20. The molecule has 1 saturated heterocycles. The predicted octanol–water partition coefficient (Wildman–Crippen LogP) is 0.935. The van der Waals surface area contributed by atoms with Crippen LogP contribution in [0.2, 0.25) is 0 Å². The van der Waals surface area contributed by atoms with Gasteiger partial charge in [0.1, 0.15) is 6.29 Å². The van der Waals surface area contributed by atoms with Crippen molar-refractivity contribution in [2.24, 2.45) is 5.41 Å². The standard InChI is InChI=1S/C10H16O4/c1-2-14-9(12)10(3-6-11)4-7-13-8-5-10/h6H,2-5,7-8H2,1H3. The van der Waals surface area contributed by atoms with Crippen LogP contribution >= 0.6 is 0 Å². The molecule has 1 aliphatic heterocycles. The summed E-state index contributed by atoms with van der Waals surface area (Å²) >= 11 is 0. The number of rotatable bonds is 4. The summed E-state index contributed by atoms with van der Waals surface area (Å²) in [5.74, 6) is -0.254. The Labute approximate surface area is 83.6 Å². The topological polar surface area (TPSA) is 52.6 Å². The van der Waals surface area contributed by atoms with E-state index in [-0.39, 0.29) is 12.4 Å². The maximum absolute atomic E-state index is 11.7. The first-order valence-electron chi connectivity index (χ1n) is 4.94. The molecule has 0 spiro atoms. The third kappa shape index (κ3) is 2.32. The van der Waals surface area contributed by atoms with Crippen molar-refractivity contribution in [2.75, 3.05) is 19.8 Å². The van der Waals surface area contributed by atoms with Gasteiger partial charge in [0.2, 0.25) is 0 Å². The lowest BCUT2D eigenvalue weighted by molar-refractivity contribution is -0.162. The van der Waals surface area contributed by atoms with Gasteiger partial charge < -0.3 is 14.3 Å². The van der Waals surface area contributed by atoms with Gasteiger partial charge in [0.15, 0.2) is 0 Å². The highest BCUT2D eigenvalue weighted by Gasteiger charge is 2.40. The SMILES string of the molecule is CCOC(=O)C1(CC=O)CCOCC1. The summed E-state index contributed by atoms with van der Waals surface area (Å²) < 4.78 is 10.2. The van der Waals surface area contributed by atoms with E-state index in [4.69, 9.17) is 9.47 Å². The second-order valence-corrected chi connectivity index (χ2v) is 3.48. The van der Waals surface area contributed by atoms with Crippen LogP contribution in [0.3, 0.4) is 0 Å². The summed E-state index contributed by atoms with van der Waals surface area (Å²) in [7, 11) is 0. The molecule has 0 bridgehead atoms. The van der Waals surface area contributed by atoms with E-state index in [9.17, 15) is 9.59 Å². The van der Waals surface area contributed by atoms with Gasteiger partial charge in [0.25, 0.3) is 0 Å². The van der Waals surface area contributed by atoms with Crippen molar-refractivity contribution in [2.45, 2.75) is 26.2 Å². The zero-order chi connectivity index (χ0) is 10.4. The van der Waals surface area contributed by atoms with Crippen LogP contribution in [-0.2, 0) is 19.1 Å². The summed E-state index contributed by atoms with van der Waals surface area (Å²) in [4.78, 5) is 22.2. The number of hydrogen-bond donors (Lipinski definition) is 0. The molecule has 1 aliphatic rings. The van der Waals surface area contributed by atoms with E-state index in [0.29, 0.717) is 32.7 Å². The second-order valence-electron chi connectivity index (χ2n) is 3.48. The molecule has 4 heteroatoms. The fourth-order valence-corrected chi connectivity index (χ4v) is 1.70. The van der Waals surface area contributed by atoms with Gasteiger partial charge in [0.05, 0.1) is 12.0 Å². The summed E-state index contributed by atoms with van der Waals surface area (Å²) in [5.41, 5.74) is -0.615. The molecule has 0 atom stereocenters. The lowest BCUT2D eigenvalue weighted by atomic mass is 9.78. The van der Waals surface area contributed by atoms with Crippen LogP contribution < -0.4 is 0 Å². The number of ether oxygens (including phenoxy) is 2. The molecule has 0 amide bonds. The van der Waals surface area contributed by atoms with Gasteiger partial charge in [-0.1, -0.05) is 0 Å². The van der Waals surface area contributed by atoms with Crippen molar-refractivity contribution in [3.05, 3.63) is 0 Å². The Morgan fingerprint density at radius 2 is 2.14 bits per heavy atom. The number of esters is 1. The number of carbonyl (C=O) groups is 2. The summed E-state index contributed by atoms with van der Waals surface area (Å²) in [6.07, 6.45) is 2.21. The van der Waals surface area contributed by atoms with E-state index < -0.39 is 5.41 Å². The van der Waals surface area contributed by atoms with E-state index in [1.165, 1.54) is 0 Å². The average Bonchev–Trinajstić information content (AvgIpc) is 2.20. The fourth-order valence-electron chi connectivity index (χ4n) is 1.70. The van der Waals surface area contributed by atoms with Crippen molar-refractivity contribution in [3.8, 4) is 0 Å². The van der Waals surface area contributed by atoms with Crippen molar-refractivity contribution in [3.63, 3.8) is 0 Å². The third-order valence-corrected chi connectivity index (χ3v) is 2.63. The highest BCUT2D eigenvalue weighted by atomic mass is 16.5. The molecule has 0 aromatic carbocycles. The maximum Gasteiger partial charge on any atom is 0.312 e. The molecule has 0 aromatic heterocycles. The van der Waals surface area contributed by atoms with Crippen LogP contribution in [0.1, 0.15) is 26.2 Å². The van der Waals surface area contributed by atoms with Crippen LogP contribution in [0.4, 0.5) is 0 Å². The molecule has 1 heterocycles. The second kappa shape index (κ2) is 5.10. The fraction of sp³-hybridized carbons (Fsp3) is 0.800. The minimum atomic E-state index is -0.615. The summed E-state index contributed by atoms with van der Waals surface area (Å²) in [5, 5.41) is 0. The van der Waals surface area contributed by atoms with E-state index in [0.717, 1.165) is 6.29 Å². The van der Waals surface area contributed by atoms with Crippen LogP contribution in [0.25, 0.3) is 0 Å². The van der Waals surface area contributed by atoms with Crippen LogP contribution in [0.5, 0.6) is 0 Å². The Bertz CT molecular complexity index is 206. The zero-order valence-corrected chi connectivity index (χ0v) is 8.45. The Hall–Kier alpha value is -0.900. The zero-order valence-electron chi connectivity index (χ0n) is 8.45. The lowest BCUT2D eigenvalue weighted by Crippen LogP contribution is -2.39. The molecule has 4 nitrogen and oxygen atoms in total. The van der Waals surface area contributed by atoms with Crippen molar-refractivity contribution in [1.82, 2.24) is 0 Å². The van der Waals surface area contributed by atoms with Crippen molar-refractivity contribution in [1.29, 1.82) is 0 Å². The molecule has 0 N–H and O–H groups in total. The first-order chi connectivity index (χ1) is 6.75. The third-order valence-electron chi connectivity index (χ3n) is 2.63. The highest BCUT2D eigenvalue weighted by molar-refractivity contribution is 5.80. The molecule has 1 fully saturated rings. The van der Waals surface area contributed by atoms with Crippen molar-refractivity contribution < 1.29 is 19.1 Å². The largest absolute Gasteiger partial charge is 0.466 e. The molecule has 0 unspecified atom stereocenters. The first-order valence-corrected chi connectivity index (χ1v) is 4.94. The van der Waals surface area contributed by atoms with Crippen LogP contribution in [0.15, 0.2) is 0 Å². The summed E-state index contributed by atoms with van der Waals surface area (Å²) in [6, 6.07) is 0. The van der Waals surface area contributed by atoms with E-state index >= 15 is 0 Å². The average molecular weight is 200 g/mol. The van der Waals surface area contributed by atoms with Gasteiger partial charge in [-0.25, -0.2) is 0 Å². The number of carbonyl (C=O) groups excluding carboxylic acids is 2. The Balaban J connectivity index is 2.68.